The molecule has 0 bridgehead atoms. The monoisotopic (exact) mass is 408 g/mol. The molecule has 1 aromatic carbocycles. The molecule has 1 unspecified atom stereocenters. The van der Waals surface area contributed by atoms with Crippen molar-refractivity contribution in [2.24, 2.45) is 0 Å². The quantitative estimate of drug-likeness (QED) is 0.808. The first-order chi connectivity index (χ1) is 11.9. The molecule has 1 aliphatic rings. The lowest BCUT2D eigenvalue weighted by Gasteiger charge is -2.22. The molecule has 2 N–H and O–H groups in total. The van der Waals surface area contributed by atoms with Crippen molar-refractivity contribution < 1.29 is 22.5 Å². The van der Waals surface area contributed by atoms with Crippen molar-refractivity contribution in [1.29, 1.82) is 0 Å². The van der Waals surface area contributed by atoms with Gasteiger partial charge in [-0.05, 0) is 24.3 Å². The van der Waals surface area contributed by atoms with Crippen LogP contribution < -0.4 is 10.6 Å². The van der Waals surface area contributed by atoms with E-state index >= 15 is 0 Å². The summed E-state index contributed by atoms with van der Waals surface area (Å²) >= 11 is 1.81. The summed E-state index contributed by atoms with van der Waals surface area (Å²) in [5, 5.41) is 9.36. The third-order valence-electron chi connectivity index (χ3n) is 3.53. The zero-order chi connectivity index (χ0) is 17.9. The second-order valence-corrected chi connectivity index (χ2v) is 6.63. The summed E-state index contributed by atoms with van der Waals surface area (Å²) in [4.78, 5) is 15.3. The molecule has 0 aliphatic carbocycles. The summed E-state index contributed by atoms with van der Waals surface area (Å²) in [5.41, 5.74) is 0.916. The molecule has 0 radical (unpaired) electrons. The second kappa shape index (κ2) is 8.74. The zero-order valence-electron chi connectivity index (χ0n) is 13.4. The molecule has 142 valence electrons. The third kappa shape index (κ3) is 5.36. The lowest BCUT2D eigenvalue weighted by molar-refractivity contribution is -0.159. The number of carbonyl (C=O) groups excluding carboxylic acids is 1. The first-order valence-corrected chi connectivity index (χ1v) is 8.69. The van der Waals surface area contributed by atoms with Crippen molar-refractivity contribution in [3.63, 3.8) is 0 Å². The number of aromatic nitrogens is 2. The molecule has 1 aliphatic heterocycles. The number of amides is 1. The van der Waals surface area contributed by atoms with Crippen molar-refractivity contribution in [2.45, 2.75) is 18.6 Å². The normalized spacial score (nSPS) is 17.4. The number of anilines is 1. The summed E-state index contributed by atoms with van der Waals surface area (Å²) in [6.45, 7) is 0.891. The van der Waals surface area contributed by atoms with Gasteiger partial charge in [0.2, 0.25) is 11.7 Å². The molecule has 1 amide bonds. The highest BCUT2D eigenvalue weighted by atomic mass is 35.5. The number of rotatable bonds is 4. The van der Waals surface area contributed by atoms with Gasteiger partial charge in [0.15, 0.2) is 0 Å². The van der Waals surface area contributed by atoms with E-state index in [0.717, 1.165) is 18.1 Å². The van der Waals surface area contributed by atoms with Crippen LogP contribution in [0.3, 0.4) is 0 Å². The summed E-state index contributed by atoms with van der Waals surface area (Å²) in [6, 6.07) is 6.36. The Morgan fingerprint density at radius 3 is 2.65 bits per heavy atom. The second-order valence-electron chi connectivity index (χ2n) is 5.48. The van der Waals surface area contributed by atoms with Crippen LogP contribution in [-0.4, -0.2) is 40.1 Å². The Bertz CT molecular complexity index is 733. The van der Waals surface area contributed by atoms with Crippen molar-refractivity contribution in [2.75, 3.05) is 23.4 Å². The zero-order valence-corrected chi connectivity index (χ0v) is 15.0. The van der Waals surface area contributed by atoms with Crippen LogP contribution in [0.2, 0.25) is 0 Å². The van der Waals surface area contributed by atoms with Crippen LogP contribution in [0.25, 0.3) is 11.4 Å². The summed E-state index contributed by atoms with van der Waals surface area (Å²) in [7, 11) is 0. The fourth-order valence-corrected chi connectivity index (χ4v) is 3.29. The Labute approximate surface area is 157 Å². The van der Waals surface area contributed by atoms with Crippen LogP contribution in [0.4, 0.5) is 18.9 Å². The lowest BCUT2D eigenvalue weighted by atomic mass is 10.2. The molecule has 1 fully saturated rings. The maximum Gasteiger partial charge on any atom is 0.471 e. The Kier molecular flexibility index (Phi) is 6.90. The summed E-state index contributed by atoms with van der Waals surface area (Å²) in [5.74, 6) is 0.273. The number of hydrogen-bond acceptors (Lipinski definition) is 6. The Morgan fingerprint density at radius 2 is 2.08 bits per heavy atom. The van der Waals surface area contributed by atoms with Gasteiger partial charge in [-0.2, -0.15) is 29.9 Å². The van der Waals surface area contributed by atoms with Gasteiger partial charge in [-0.15, -0.1) is 12.4 Å². The number of carbonyl (C=O) groups is 1. The van der Waals surface area contributed by atoms with Gasteiger partial charge >= 0.3 is 12.1 Å². The number of nitrogens with one attached hydrogen (secondary N) is 2. The Hall–Kier alpha value is -1.78. The van der Waals surface area contributed by atoms with E-state index in [9.17, 15) is 18.0 Å². The number of alkyl halides is 3. The van der Waals surface area contributed by atoms with Gasteiger partial charge in [-0.3, -0.25) is 4.79 Å². The predicted octanol–water partition coefficient (Wildman–Crippen LogP) is 3.21. The Morgan fingerprint density at radius 1 is 1.35 bits per heavy atom. The van der Waals surface area contributed by atoms with Crippen LogP contribution >= 0.6 is 24.2 Å². The Balaban J connectivity index is 0.00000243. The van der Waals surface area contributed by atoms with E-state index in [1.165, 1.54) is 12.1 Å². The van der Waals surface area contributed by atoms with E-state index in [1.807, 2.05) is 11.8 Å². The number of hydrogen-bond donors (Lipinski definition) is 2. The van der Waals surface area contributed by atoms with Crippen LogP contribution in [-0.2, 0) is 11.0 Å². The topological polar surface area (TPSA) is 80.0 Å². The highest BCUT2D eigenvalue weighted by Gasteiger charge is 2.38. The first kappa shape index (κ1) is 20.5. The molecule has 2 aromatic rings. The summed E-state index contributed by atoms with van der Waals surface area (Å²) < 4.78 is 41.6. The van der Waals surface area contributed by atoms with Crippen molar-refractivity contribution in [1.82, 2.24) is 15.5 Å². The highest BCUT2D eigenvalue weighted by molar-refractivity contribution is 7.99. The molecule has 6 nitrogen and oxygen atoms in total. The average molecular weight is 409 g/mol. The minimum Gasteiger partial charge on any atom is -0.329 e. The largest absolute Gasteiger partial charge is 0.471 e. The standard InChI is InChI=1S/C15H15F3N4O2S.ClH/c16-15(17,18)14-21-13(22-24-14)9-1-3-10(4-2-9)20-12(23)7-11-8-25-6-5-19-11;/h1-4,11,19H,5-8H2,(H,20,23);1H. The maximum absolute atomic E-state index is 12.5. The minimum absolute atomic E-state index is 0. The fourth-order valence-electron chi connectivity index (χ4n) is 2.35. The van der Waals surface area contributed by atoms with Crippen LogP contribution in [0.5, 0.6) is 0 Å². The molecule has 1 aromatic heterocycles. The van der Waals surface area contributed by atoms with Gasteiger partial charge in [0.05, 0.1) is 0 Å². The molecule has 0 saturated carbocycles. The highest BCUT2D eigenvalue weighted by Crippen LogP contribution is 2.29. The molecule has 3 rings (SSSR count). The average Bonchev–Trinajstić information content (AvgIpc) is 3.07. The fraction of sp³-hybridized carbons (Fsp3) is 0.400. The predicted molar refractivity (Wildman–Crippen MR) is 94.3 cm³/mol. The van der Waals surface area contributed by atoms with E-state index in [4.69, 9.17) is 0 Å². The molecule has 11 heteroatoms. The van der Waals surface area contributed by atoms with Crippen LogP contribution in [0.15, 0.2) is 28.8 Å². The van der Waals surface area contributed by atoms with Crippen molar-refractivity contribution in [3.05, 3.63) is 30.2 Å². The van der Waals surface area contributed by atoms with Gasteiger partial charge in [0.25, 0.3) is 0 Å². The molecular weight excluding hydrogens is 393 g/mol. The SMILES string of the molecule is Cl.O=C(CC1CSCCN1)Nc1ccc(-c2noc(C(F)(F)F)n2)cc1. The van der Waals surface area contributed by atoms with Crippen molar-refractivity contribution in [3.8, 4) is 11.4 Å². The van der Waals surface area contributed by atoms with Gasteiger partial charge in [-0.1, -0.05) is 5.16 Å². The smallest absolute Gasteiger partial charge is 0.329 e. The van der Waals surface area contributed by atoms with Crippen LogP contribution in [0, 0.1) is 0 Å². The molecular formula is C15H16ClF3N4O2S. The third-order valence-corrected chi connectivity index (χ3v) is 4.66. The van der Waals surface area contributed by atoms with Gasteiger partial charge < -0.3 is 15.2 Å². The number of nitrogens with zero attached hydrogens (tertiary/aromatic N) is 2. The molecule has 1 atom stereocenters. The maximum atomic E-state index is 12.5. The number of benzene rings is 1. The van der Waals surface area contributed by atoms with E-state index < -0.39 is 12.1 Å². The molecule has 0 spiro atoms. The minimum atomic E-state index is -4.68. The van der Waals surface area contributed by atoms with Gasteiger partial charge in [-0.25, -0.2) is 0 Å². The van der Waals surface area contributed by atoms with Crippen molar-refractivity contribution >= 4 is 35.8 Å². The molecule has 1 saturated heterocycles. The van der Waals surface area contributed by atoms with Gasteiger partial charge in [0.1, 0.15) is 0 Å². The number of thioether (sulfide) groups is 1. The summed E-state index contributed by atoms with van der Waals surface area (Å²) in [6.07, 6.45) is -4.31. The molecule has 26 heavy (non-hydrogen) atoms. The van der Waals surface area contributed by atoms with E-state index in [-0.39, 0.29) is 30.2 Å². The van der Waals surface area contributed by atoms with E-state index in [1.54, 1.807) is 12.1 Å². The van der Waals surface area contributed by atoms with E-state index in [2.05, 4.69) is 25.3 Å². The number of halogens is 4. The van der Waals surface area contributed by atoms with Crippen LogP contribution in [0.1, 0.15) is 12.3 Å². The first-order valence-electron chi connectivity index (χ1n) is 7.54. The molecule has 2 heterocycles. The lowest BCUT2D eigenvalue weighted by Crippen LogP contribution is -2.39. The van der Waals surface area contributed by atoms with Gasteiger partial charge in [0, 0.05) is 41.8 Å². The van der Waals surface area contributed by atoms with E-state index in [0.29, 0.717) is 17.7 Å².